The second-order valence-corrected chi connectivity index (χ2v) is 4.06. The van der Waals surface area contributed by atoms with Gasteiger partial charge in [0.1, 0.15) is 17.2 Å². The largest absolute Gasteiger partial charge is 0.371 e. The Morgan fingerprint density at radius 2 is 1.82 bits per heavy atom. The average molecular weight is 306 g/mol. The molecule has 0 saturated heterocycles. The average Bonchev–Trinajstić information content (AvgIpc) is 2.47. The van der Waals surface area contributed by atoms with Crippen molar-refractivity contribution in [1.82, 2.24) is 0 Å². The van der Waals surface area contributed by atoms with Crippen molar-refractivity contribution in [2.24, 2.45) is 5.16 Å². The molecule has 0 aromatic heterocycles. The maximum atomic E-state index is 13.3. The van der Waals surface area contributed by atoms with Crippen molar-refractivity contribution in [1.29, 1.82) is 0 Å². The summed E-state index contributed by atoms with van der Waals surface area (Å²) < 4.78 is 26.7. The third kappa shape index (κ3) is 3.48. The van der Waals surface area contributed by atoms with Crippen molar-refractivity contribution in [2.45, 2.75) is 0 Å². The Balaban J connectivity index is 2.11. The van der Waals surface area contributed by atoms with E-state index in [0.717, 1.165) is 24.4 Å². The summed E-state index contributed by atoms with van der Waals surface area (Å²) in [4.78, 5) is 25.9. The lowest BCUT2D eigenvalue weighted by molar-refractivity contribution is -0.384. The third-order valence-electron chi connectivity index (χ3n) is 2.59. The van der Waals surface area contributed by atoms with Gasteiger partial charge < -0.3 is 4.84 Å². The Bertz CT molecular complexity index is 742. The SMILES string of the molecule is O=C(ON=Cc1cccc([N+](=O)[O-])c1)c1c(F)cccc1F. The molecule has 0 atom stereocenters. The van der Waals surface area contributed by atoms with E-state index in [1.807, 2.05) is 0 Å². The molecule has 8 heteroatoms. The number of nitro benzene ring substituents is 1. The minimum absolute atomic E-state index is 0.171. The van der Waals surface area contributed by atoms with E-state index in [-0.39, 0.29) is 11.3 Å². The fourth-order valence-corrected chi connectivity index (χ4v) is 1.59. The summed E-state index contributed by atoms with van der Waals surface area (Å²) in [5.74, 6) is -3.46. The van der Waals surface area contributed by atoms with Crippen LogP contribution in [0, 0.1) is 21.7 Å². The van der Waals surface area contributed by atoms with E-state index in [4.69, 9.17) is 0 Å². The number of non-ortho nitro benzene ring substituents is 1. The van der Waals surface area contributed by atoms with E-state index in [0.29, 0.717) is 0 Å². The smallest absolute Gasteiger partial charge is 0.313 e. The Kier molecular flexibility index (Phi) is 4.52. The standard InChI is InChI=1S/C14H8F2N2O4/c15-11-5-2-6-12(16)13(11)14(19)22-17-8-9-3-1-4-10(7-9)18(20)21/h1-8H. The number of halogens is 2. The van der Waals surface area contributed by atoms with Gasteiger partial charge in [0.25, 0.3) is 5.69 Å². The van der Waals surface area contributed by atoms with E-state index < -0.39 is 28.1 Å². The van der Waals surface area contributed by atoms with E-state index in [1.54, 1.807) is 0 Å². The summed E-state index contributed by atoms with van der Waals surface area (Å²) in [6, 6.07) is 8.28. The maximum Gasteiger partial charge on any atom is 0.371 e. The van der Waals surface area contributed by atoms with Crippen LogP contribution in [0.2, 0.25) is 0 Å². The second kappa shape index (κ2) is 6.53. The van der Waals surface area contributed by atoms with Crippen molar-refractivity contribution in [3.63, 3.8) is 0 Å². The van der Waals surface area contributed by atoms with Gasteiger partial charge in [0.05, 0.1) is 11.1 Å². The van der Waals surface area contributed by atoms with Crippen LogP contribution in [0.25, 0.3) is 0 Å². The first-order valence-corrected chi connectivity index (χ1v) is 5.92. The molecule has 0 heterocycles. The number of hydrogen-bond donors (Lipinski definition) is 0. The van der Waals surface area contributed by atoms with E-state index in [2.05, 4.69) is 9.99 Å². The molecule has 22 heavy (non-hydrogen) atoms. The Morgan fingerprint density at radius 3 is 2.45 bits per heavy atom. The van der Waals surface area contributed by atoms with Gasteiger partial charge in [-0.15, -0.1) is 0 Å². The zero-order valence-electron chi connectivity index (χ0n) is 10.9. The fourth-order valence-electron chi connectivity index (χ4n) is 1.59. The van der Waals surface area contributed by atoms with Crippen molar-refractivity contribution < 1.29 is 23.3 Å². The minimum atomic E-state index is -1.31. The molecule has 2 rings (SSSR count). The summed E-state index contributed by atoms with van der Waals surface area (Å²) in [5.41, 5.74) is -0.745. The third-order valence-corrected chi connectivity index (χ3v) is 2.59. The van der Waals surface area contributed by atoms with Crippen LogP contribution in [0.15, 0.2) is 47.6 Å². The first kappa shape index (κ1) is 15.2. The lowest BCUT2D eigenvalue weighted by Crippen LogP contribution is -2.07. The number of nitro groups is 1. The lowest BCUT2D eigenvalue weighted by atomic mass is 10.2. The zero-order valence-corrected chi connectivity index (χ0v) is 10.9. The topological polar surface area (TPSA) is 81.8 Å². The molecule has 0 aliphatic rings. The summed E-state index contributed by atoms with van der Waals surface area (Å²) in [6.07, 6.45) is 1.02. The molecule has 0 aliphatic heterocycles. The highest BCUT2D eigenvalue weighted by molar-refractivity contribution is 5.90. The highest BCUT2D eigenvalue weighted by atomic mass is 19.1. The molecule has 0 unspecified atom stereocenters. The highest BCUT2D eigenvalue weighted by Gasteiger charge is 2.18. The molecule has 0 fully saturated rings. The van der Waals surface area contributed by atoms with Crippen LogP contribution in [0.4, 0.5) is 14.5 Å². The molecule has 0 aliphatic carbocycles. The lowest BCUT2D eigenvalue weighted by Gasteiger charge is -2.01. The Hall–Kier alpha value is -3.16. The molecule has 0 amide bonds. The molecule has 0 saturated carbocycles. The van der Waals surface area contributed by atoms with Crippen LogP contribution in [0.1, 0.15) is 15.9 Å². The molecule has 6 nitrogen and oxygen atoms in total. The summed E-state index contributed by atoms with van der Waals surface area (Å²) >= 11 is 0. The summed E-state index contributed by atoms with van der Waals surface area (Å²) in [7, 11) is 0. The van der Waals surface area contributed by atoms with Crippen molar-refractivity contribution in [3.05, 3.63) is 75.3 Å². The number of hydrogen-bond acceptors (Lipinski definition) is 5. The summed E-state index contributed by atoms with van der Waals surface area (Å²) in [6.45, 7) is 0. The quantitative estimate of drug-likeness (QED) is 0.376. The Morgan fingerprint density at radius 1 is 1.18 bits per heavy atom. The molecule has 2 aromatic rings. The highest BCUT2D eigenvalue weighted by Crippen LogP contribution is 2.14. The first-order chi connectivity index (χ1) is 10.5. The Labute approximate surface area is 122 Å². The monoisotopic (exact) mass is 306 g/mol. The predicted octanol–water partition coefficient (Wildman–Crippen LogP) is 3.06. The molecular weight excluding hydrogens is 298 g/mol. The van der Waals surface area contributed by atoms with Gasteiger partial charge in [0.2, 0.25) is 0 Å². The number of nitrogens with zero attached hydrogens (tertiary/aromatic N) is 2. The molecule has 0 N–H and O–H groups in total. The van der Waals surface area contributed by atoms with Crippen LogP contribution < -0.4 is 0 Å². The number of benzene rings is 2. The maximum absolute atomic E-state index is 13.3. The van der Waals surface area contributed by atoms with Gasteiger partial charge in [-0.3, -0.25) is 10.1 Å². The number of rotatable bonds is 4. The van der Waals surface area contributed by atoms with Crippen LogP contribution in [-0.4, -0.2) is 17.1 Å². The molecular formula is C14H8F2N2O4. The van der Waals surface area contributed by atoms with Gasteiger partial charge in [-0.2, -0.15) is 0 Å². The van der Waals surface area contributed by atoms with Crippen molar-refractivity contribution in [3.8, 4) is 0 Å². The van der Waals surface area contributed by atoms with Gasteiger partial charge in [-0.25, -0.2) is 13.6 Å². The molecule has 0 bridgehead atoms. The van der Waals surface area contributed by atoms with E-state index in [1.165, 1.54) is 24.3 Å². The molecule has 112 valence electrons. The van der Waals surface area contributed by atoms with Crippen LogP contribution in [0.3, 0.4) is 0 Å². The predicted molar refractivity (Wildman–Crippen MR) is 72.5 cm³/mol. The van der Waals surface area contributed by atoms with E-state index >= 15 is 0 Å². The minimum Gasteiger partial charge on any atom is -0.313 e. The summed E-state index contributed by atoms with van der Waals surface area (Å²) in [5, 5.41) is 13.9. The van der Waals surface area contributed by atoms with Crippen molar-refractivity contribution in [2.75, 3.05) is 0 Å². The van der Waals surface area contributed by atoms with E-state index in [9.17, 15) is 23.7 Å². The normalized spacial score (nSPS) is 10.6. The zero-order chi connectivity index (χ0) is 16.1. The second-order valence-electron chi connectivity index (χ2n) is 4.06. The van der Waals surface area contributed by atoms with Gasteiger partial charge in [-0.05, 0) is 12.1 Å². The number of carbonyl (C=O) groups is 1. The van der Waals surface area contributed by atoms with Gasteiger partial charge in [-0.1, -0.05) is 23.4 Å². The van der Waals surface area contributed by atoms with Gasteiger partial charge in [0, 0.05) is 17.7 Å². The van der Waals surface area contributed by atoms with Crippen LogP contribution in [0.5, 0.6) is 0 Å². The fraction of sp³-hybridized carbons (Fsp3) is 0. The van der Waals surface area contributed by atoms with Gasteiger partial charge in [0.15, 0.2) is 0 Å². The van der Waals surface area contributed by atoms with Crippen molar-refractivity contribution >= 4 is 17.9 Å². The number of oxime groups is 1. The molecule has 2 aromatic carbocycles. The van der Waals surface area contributed by atoms with Crippen LogP contribution in [-0.2, 0) is 4.84 Å². The molecule has 0 radical (unpaired) electrons. The molecule has 0 spiro atoms. The number of carbonyl (C=O) groups excluding carboxylic acids is 1. The van der Waals surface area contributed by atoms with Crippen LogP contribution >= 0.6 is 0 Å². The first-order valence-electron chi connectivity index (χ1n) is 5.92. The van der Waals surface area contributed by atoms with Gasteiger partial charge >= 0.3 is 5.97 Å².